The van der Waals surface area contributed by atoms with E-state index in [0.29, 0.717) is 5.56 Å². The Hall–Kier alpha value is -3.22. The number of hydrogen-bond acceptors (Lipinski definition) is 6. The lowest BCUT2D eigenvalue weighted by molar-refractivity contribution is -0.153. The fourth-order valence-electron chi connectivity index (χ4n) is 2.17. The number of amides is 1. The first-order valence-electron chi connectivity index (χ1n) is 8.33. The van der Waals surface area contributed by atoms with Gasteiger partial charge in [-0.05, 0) is 36.8 Å². The van der Waals surface area contributed by atoms with E-state index < -0.39 is 34.5 Å². The summed E-state index contributed by atoms with van der Waals surface area (Å²) in [5, 5.41) is 11.4. The van der Waals surface area contributed by atoms with Crippen molar-refractivity contribution in [1.29, 1.82) is 5.26 Å². The van der Waals surface area contributed by atoms with Crippen molar-refractivity contribution >= 4 is 21.9 Å². The lowest BCUT2D eigenvalue weighted by Crippen LogP contribution is -2.38. The number of ether oxygens (including phenoxy) is 1. The van der Waals surface area contributed by atoms with Gasteiger partial charge in [0.05, 0.1) is 16.5 Å². The molecule has 146 valence electrons. The van der Waals surface area contributed by atoms with Crippen LogP contribution >= 0.6 is 0 Å². The molecular formula is C19H19N3O5S. The molecule has 0 heterocycles. The van der Waals surface area contributed by atoms with Crippen LogP contribution in [-0.2, 0) is 30.9 Å². The summed E-state index contributed by atoms with van der Waals surface area (Å²) in [5.74, 6) is -1.38. The molecule has 2 aromatic carbocycles. The summed E-state index contributed by atoms with van der Waals surface area (Å²) in [6.07, 6.45) is -1.07. The van der Waals surface area contributed by atoms with Crippen molar-refractivity contribution in [3.05, 3.63) is 65.7 Å². The minimum atomic E-state index is -3.94. The van der Waals surface area contributed by atoms with Crippen molar-refractivity contribution < 1.29 is 22.7 Å². The van der Waals surface area contributed by atoms with Crippen molar-refractivity contribution in [2.45, 2.75) is 24.5 Å². The molecule has 0 fully saturated rings. The molecule has 0 bridgehead atoms. The van der Waals surface area contributed by atoms with Gasteiger partial charge in [-0.25, -0.2) is 8.42 Å². The first kappa shape index (κ1) is 21.1. The van der Waals surface area contributed by atoms with Gasteiger partial charge in [-0.2, -0.15) is 9.98 Å². The summed E-state index contributed by atoms with van der Waals surface area (Å²) in [5.41, 5.74) is 1.21. The Morgan fingerprint density at radius 3 is 2.36 bits per heavy atom. The maximum absolute atomic E-state index is 12.1. The summed E-state index contributed by atoms with van der Waals surface area (Å²) in [6.45, 7) is 1.05. The van der Waals surface area contributed by atoms with Gasteiger partial charge < -0.3 is 10.1 Å². The van der Waals surface area contributed by atoms with Crippen LogP contribution in [0.2, 0.25) is 0 Å². The number of benzene rings is 2. The molecule has 0 unspecified atom stereocenters. The van der Waals surface area contributed by atoms with Crippen LogP contribution in [0.4, 0.5) is 0 Å². The number of carbonyl (C=O) groups is 2. The molecule has 0 spiro atoms. The topological polar surface area (TPSA) is 125 Å². The first-order chi connectivity index (χ1) is 13.3. The number of nitriles is 1. The molecule has 0 aliphatic heterocycles. The average Bonchev–Trinajstić information content (AvgIpc) is 2.71. The van der Waals surface area contributed by atoms with Crippen LogP contribution in [0.5, 0.6) is 0 Å². The lowest BCUT2D eigenvalue weighted by Gasteiger charge is -2.14. The quantitative estimate of drug-likeness (QED) is 0.638. The Bertz CT molecular complexity index is 967. The SMILES string of the molecule is C[C@@H](OC(=O)CNS(=O)(=O)c1ccc(C#N)cc1)C(=O)NCc1ccccc1. The predicted molar refractivity (Wildman–Crippen MR) is 100 cm³/mol. The van der Waals surface area contributed by atoms with Crippen LogP contribution in [0.15, 0.2) is 59.5 Å². The van der Waals surface area contributed by atoms with E-state index in [2.05, 4.69) is 10.0 Å². The van der Waals surface area contributed by atoms with Crippen molar-refractivity contribution in [2.75, 3.05) is 6.54 Å². The van der Waals surface area contributed by atoms with Gasteiger partial charge in [0.1, 0.15) is 6.54 Å². The molecule has 9 heteroatoms. The van der Waals surface area contributed by atoms with Crippen molar-refractivity contribution in [3.63, 3.8) is 0 Å². The molecule has 2 rings (SSSR count). The maximum atomic E-state index is 12.1. The average molecular weight is 401 g/mol. The third-order valence-electron chi connectivity index (χ3n) is 3.69. The minimum absolute atomic E-state index is 0.0899. The van der Waals surface area contributed by atoms with E-state index in [0.717, 1.165) is 5.56 Å². The van der Waals surface area contributed by atoms with Gasteiger partial charge in [0.2, 0.25) is 10.0 Å². The molecule has 0 aliphatic carbocycles. The molecule has 1 atom stereocenters. The molecule has 8 nitrogen and oxygen atoms in total. The molecular weight excluding hydrogens is 382 g/mol. The highest BCUT2D eigenvalue weighted by molar-refractivity contribution is 7.89. The highest BCUT2D eigenvalue weighted by Crippen LogP contribution is 2.09. The monoisotopic (exact) mass is 401 g/mol. The summed E-state index contributed by atoms with van der Waals surface area (Å²) in [6, 6.07) is 16.3. The molecule has 0 saturated carbocycles. The van der Waals surface area contributed by atoms with E-state index >= 15 is 0 Å². The van der Waals surface area contributed by atoms with Crippen molar-refractivity contribution in [1.82, 2.24) is 10.0 Å². The molecule has 28 heavy (non-hydrogen) atoms. The van der Waals surface area contributed by atoms with Gasteiger partial charge in [0, 0.05) is 6.54 Å². The van der Waals surface area contributed by atoms with Gasteiger partial charge in [-0.1, -0.05) is 30.3 Å². The van der Waals surface area contributed by atoms with E-state index in [1.165, 1.54) is 31.2 Å². The molecule has 0 saturated heterocycles. The Morgan fingerprint density at radius 1 is 1.11 bits per heavy atom. The zero-order chi connectivity index (χ0) is 20.6. The molecule has 0 aromatic heterocycles. The number of nitrogens with one attached hydrogen (secondary N) is 2. The molecule has 2 aromatic rings. The van der Waals surface area contributed by atoms with Gasteiger partial charge in [0.15, 0.2) is 6.10 Å². The smallest absolute Gasteiger partial charge is 0.321 e. The summed E-state index contributed by atoms with van der Waals surface area (Å²) >= 11 is 0. The largest absolute Gasteiger partial charge is 0.452 e. The summed E-state index contributed by atoms with van der Waals surface area (Å²) in [7, 11) is -3.94. The Labute approximate surface area is 163 Å². The van der Waals surface area contributed by atoms with E-state index in [-0.39, 0.29) is 11.4 Å². The van der Waals surface area contributed by atoms with Gasteiger partial charge in [0.25, 0.3) is 5.91 Å². The van der Waals surface area contributed by atoms with E-state index in [9.17, 15) is 18.0 Å². The van der Waals surface area contributed by atoms with Gasteiger partial charge in [-0.3, -0.25) is 9.59 Å². The molecule has 2 N–H and O–H groups in total. The van der Waals surface area contributed by atoms with E-state index in [4.69, 9.17) is 10.00 Å². The highest BCUT2D eigenvalue weighted by Gasteiger charge is 2.20. The second-order valence-corrected chi connectivity index (χ2v) is 7.56. The lowest BCUT2D eigenvalue weighted by atomic mass is 10.2. The zero-order valence-electron chi connectivity index (χ0n) is 15.1. The number of carbonyl (C=O) groups excluding carboxylic acids is 2. The van der Waals surface area contributed by atoms with Crippen LogP contribution < -0.4 is 10.0 Å². The second-order valence-electron chi connectivity index (χ2n) is 5.80. The Balaban J connectivity index is 1.81. The van der Waals surface area contributed by atoms with E-state index in [1.807, 2.05) is 36.4 Å². The highest BCUT2D eigenvalue weighted by atomic mass is 32.2. The number of hydrogen-bond donors (Lipinski definition) is 2. The van der Waals surface area contributed by atoms with Gasteiger partial charge >= 0.3 is 5.97 Å². The number of sulfonamides is 1. The standard InChI is InChI=1S/C19H19N3O5S/c1-14(19(24)21-12-16-5-3-2-4-6-16)27-18(23)13-22-28(25,26)17-9-7-15(11-20)8-10-17/h2-10,14,22H,12-13H2,1H3,(H,21,24)/t14-/m1/s1. The van der Waals surface area contributed by atoms with Crippen LogP contribution in [0.3, 0.4) is 0 Å². The fourth-order valence-corrected chi connectivity index (χ4v) is 3.14. The molecule has 1 amide bonds. The fraction of sp³-hybridized carbons (Fsp3) is 0.211. The van der Waals surface area contributed by atoms with Crippen molar-refractivity contribution in [2.24, 2.45) is 0 Å². The zero-order valence-corrected chi connectivity index (χ0v) is 15.9. The van der Waals surface area contributed by atoms with Crippen LogP contribution in [0, 0.1) is 11.3 Å². The first-order valence-corrected chi connectivity index (χ1v) is 9.81. The third-order valence-corrected chi connectivity index (χ3v) is 5.10. The summed E-state index contributed by atoms with van der Waals surface area (Å²) in [4.78, 5) is 23.7. The number of nitrogens with zero attached hydrogens (tertiary/aromatic N) is 1. The Kier molecular flexibility index (Phi) is 7.26. The second kappa shape index (κ2) is 9.64. The molecule has 0 radical (unpaired) electrons. The van der Waals surface area contributed by atoms with Crippen LogP contribution in [0.1, 0.15) is 18.1 Å². The van der Waals surface area contributed by atoms with E-state index in [1.54, 1.807) is 0 Å². The normalized spacial score (nSPS) is 11.9. The minimum Gasteiger partial charge on any atom is -0.452 e. The van der Waals surface area contributed by atoms with Crippen LogP contribution in [-0.4, -0.2) is 32.9 Å². The third kappa shape index (κ3) is 6.19. The van der Waals surface area contributed by atoms with Crippen molar-refractivity contribution in [3.8, 4) is 6.07 Å². The van der Waals surface area contributed by atoms with Crippen LogP contribution in [0.25, 0.3) is 0 Å². The number of esters is 1. The Morgan fingerprint density at radius 2 is 1.75 bits per heavy atom. The number of rotatable bonds is 8. The van der Waals surface area contributed by atoms with Gasteiger partial charge in [-0.15, -0.1) is 0 Å². The maximum Gasteiger partial charge on any atom is 0.321 e. The predicted octanol–water partition coefficient (Wildman–Crippen LogP) is 1.08. The molecule has 0 aliphatic rings. The summed E-state index contributed by atoms with van der Waals surface area (Å²) < 4.78 is 31.3.